The van der Waals surface area contributed by atoms with Gasteiger partial charge in [0.25, 0.3) is 5.91 Å². The van der Waals surface area contributed by atoms with Gasteiger partial charge in [0.2, 0.25) is 0 Å². The van der Waals surface area contributed by atoms with E-state index in [0.717, 1.165) is 25.0 Å². The van der Waals surface area contributed by atoms with Crippen LogP contribution in [0.3, 0.4) is 0 Å². The summed E-state index contributed by atoms with van der Waals surface area (Å²) in [7, 11) is 0. The zero-order valence-corrected chi connectivity index (χ0v) is 14.5. The highest BCUT2D eigenvalue weighted by molar-refractivity contribution is 5.96. The number of nitrogens with zero attached hydrogens (tertiary/aromatic N) is 2. The lowest BCUT2D eigenvalue weighted by Gasteiger charge is -2.20. The molecule has 0 saturated carbocycles. The first kappa shape index (κ1) is 17.5. The zero-order valence-electron chi connectivity index (χ0n) is 14.5. The molecule has 1 amide bonds. The summed E-state index contributed by atoms with van der Waals surface area (Å²) in [6.45, 7) is 6.00. The van der Waals surface area contributed by atoms with E-state index in [-0.39, 0.29) is 23.7 Å². The van der Waals surface area contributed by atoms with Gasteiger partial charge < -0.3 is 10.1 Å². The lowest BCUT2D eigenvalue weighted by Crippen LogP contribution is -2.41. The van der Waals surface area contributed by atoms with Gasteiger partial charge in [-0.25, -0.2) is 13.5 Å². The fourth-order valence-corrected chi connectivity index (χ4v) is 3.23. The van der Waals surface area contributed by atoms with E-state index in [1.165, 1.54) is 10.7 Å². The molecule has 1 saturated heterocycles. The van der Waals surface area contributed by atoms with Crippen molar-refractivity contribution in [2.45, 2.75) is 45.8 Å². The van der Waals surface area contributed by atoms with E-state index in [2.05, 4.69) is 10.4 Å². The van der Waals surface area contributed by atoms with Crippen LogP contribution in [0.1, 0.15) is 41.5 Å². The van der Waals surface area contributed by atoms with Crippen LogP contribution in [0.4, 0.5) is 8.78 Å². The molecule has 1 fully saturated rings. The Balaban J connectivity index is 1.87. The van der Waals surface area contributed by atoms with E-state index < -0.39 is 11.6 Å². The highest BCUT2D eigenvalue weighted by atomic mass is 19.1. The highest BCUT2D eigenvalue weighted by Gasteiger charge is 2.27. The third kappa shape index (κ3) is 3.42. The molecule has 7 heteroatoms. The van der Waals surface area contributed by atoms with Gasteiger partial charge >= 0.3 is 0 Å². The van der Waals surface area contributed by atoms with Crippen LogP contribution in [0.5, 0.6) is 0 Å². The van der Waals surface area contributed by atoms with Crippen molar-refractivity contribution in [3.05, 3.63) is 46.8 Å². The van der Waals surface area contributed by atoms with Gasteiger partial charge in [0, 0.05) is 12.7 Å². The van der Waals surface area contributed by atoms with E-state index >= 15 is 0 Å². The summed E-state index contributed by atoms with van der Waals surface area (Å²) in [6, 6.07) is 3.14. The van der Waals surface area contributed by atoms with Crippen molar-refractivity contribution < 1.29 is 18.3 Å². The number of halogens is 2. The van der Waals surface area contributed by atoms with Crippen LogP contribution in [-0.2, 0) is 4.74 Å². The van der Waals surface area contributed by atoms with E-state index in [4.69, 9.17) is 4.74 Å². The second-order valence-corrected chi connectivity index (χ2v) is 6.37. The molecule has 2 heterocycles. The summed E-state index contributed by atoms with van der Waals surface area (Å²) < 4.78 is 34.1. The molecule has 2 atom stereocenters. The number of nitrogens with one attached hydrogen (secondary N) is 1. The van der Waals surface area contributed by atoms with E-state index in [9.17, 15) is 13.6 Å². The minimum atomic E-state index is -0.731. The minimum Gasteiger partial charge on any atom is -0.376 e. The van der Waals surface area contributed by atoms with Crippen molar-refractivity contribution >= 4 is 5.91 Å². The fraction of sp³-hybridized carbons (Fsp3) is 0.444. The predicted octanol–water partition coefficient (Wildman–Crippen LogP) is 3.06. The maximum atomic E-state index is 14.1. The highest BCUT2D eigenvalue weighted by Crippen LogP contribution is 2.22. The standard InChI is InChI=1S/C18H21F2N3O2/c1-10(16-5-4-8-25-16)21-18(24)17-11(2)22-23(12(17)3)15-7-6-13(19)9-14(15)20/h6-7,9-10,16H,4-5,8H2,1-3H3,(H,21,24)/t10-,16-/m0/s1. The van der Waals surface area contributed by atoms with Gasteiger partial charge in [-0.05, 0) is 45.7 Å². The number of amides is 1. The van der Waals surface area contributed by atoms with E-state index in [0.29, 0.717) is 23.6 Å². The van der Waals surface area contributed by atoms with Crippen molar-refractivity contribution in [1.29, 1.82) is 0 Å². The van der Waals surface area contributed by atoms with Gasteiger partial charge in [-0.1, -0.05) is 0 Å². The number of hydrogen-bond donors (Lipinski definition) is 1. The first-order valence-corrected chi connectivity index (χ1v) is 8.32. The number of benzene rings is 1. The van der Waals surface area contributed by atoms with E-state index in [1.54, 1.807) is 13.8 Å². The van der Waals surface area contributed by atoms with Crippen LogP contribution in [0.2, 0.25) is 0 Å². The van der Waals surface area contributed by atoms with Crippen molar-refractivity contribution in [3.8, 4) is 5.69 Å². The van der Waals surface area contributed by atoms with Crippen molar-refractivity contribution in [2.75, 3.05) is 6.61 Å². The lowest BCUT2D eigenvalue weighted by molar-refractivity contribution is 0.0711. The normalized spacial score (nSPS) is 18.4. The summed E-state index contributed by atoms with van der Waals surface area (Å²) in [5, 5.41) is 7.20. The Bertz CT molecular complexity index is 798. The molecule has 1 aromatic carbocycles. The van der Waals surface area contributed by atoms with Crippen LogP contribution in [-0.4, -0.2) is 34.4 Å². The first-order valence-electron chi connectivity index (χ1n) is 8.32. The molecule has 134 valence electrons. The molecule has 3 rings (SSSR count). The Labute approximate surface area is 145 Å². The van der Waals surface area contributed by atoms with Gasteiger partial charge in [-0.15, -0.1) is 0 Å². The third-order valence-electron chi connectivity index (χ3n) is 4.54. The Morgan fingerprint density at radius 1 is 1.40 bits per heavy atom. The molecule has 1 aliphatic rings. The maximum absolute atomic E-state index is 14.1. The molecule has 1 aliphatic heterocycles. The molecule has 0 unspecified atom stereocenters. The molecule has 1 N–H and O–H groups in total. The van der Waals surface area contributed by atoms with Crippen molar-refractivity contribution in [3.63, 3.8) is 0 Å². The smallest absolute Gasteiger partial charge is 0.255 e. The SMILES string of the molecule is Cc1nn(-c2ccc(F)cc2F)c(C)c1C(=O)N[C@@H](C)[C@@H]1CCCO1. The van der Waals surface area contributed by atoms with Crippen molar-refractivity contribution in [1.82, 2.24) is 15.1 Å². The summed E-state index contributed by atoms with van der Waals surface area (Å²) in [6.07, 6.45) is 1.92. The monoisotopic (exact) mass is 349 g/mol. The van der Waals surface area contributed by atoms with Crippen LogP contribution in [0.25, 0.3) is 5.69 Å². The third-order valence-corrected chi connectivity index (χ3v) is 4.54. The second-order valence-electron chi connectivity index (χ2n) is 6.37. The Kier molecular flexibility index (Phi) is 4.85. The Morgan fingerprint density at radius 3 is 2.80 bits per heavy atom. The Morgan fingerprint density at radius 2 is 2.16 bits per heavy atom. The molecule has 1 aromatic heterocycles. The van der Waals surface area contributed by atoms with Crippen LogP contribution < -0.4 is 5.32 Å². The van der Waals surface area contributed by atoms with Gasteiger partial charge in [0.15, 0.2) is 5.82 Å². The molecule has 0 radical (unpaired) electrons. The molecule has 5 nitrogen and oxygen atoms in total. The summed E-state index contributed by atoms with van der Waals surface area (Å²) in [4.78, 5) is 12.7. The van der Waals surface area contributed by atoms with Gasteiger partial charge in [0.1, 0.15) is 11.5 Å². The molecule has 0 spiro atoms. The minimum absolute atomic E-state index is 0.00847. The fourth-order valence-electron chi connectivity index (χ4n) is 3.23. The molecule has 25 heavy (non-hydrogen) atoms. The largest absolute Gasteiger partial charge is 0.376 e. The van der Waals surface area contributed by atoms with Crippen LogP contribution in [0.15, 0.2) is 18.2 Å². The summed E-state index contributed by atoms with van der Waals surface area (Å²) >= 11 is 0. The molecular weight excluding hydrogens is 328 g/mol. The summed E-state index contributed by atoms with van der Waals surface area (Å²) in [5.41, 5.74) is 1.49. The topological polar surface area (TPSA) is 56.2 Å². The average Bonchev–Trinajstić information content (AvgIpc) is 3.16. The predicted molar refractivity (Wildman–Crippen MR) is 88.9 cm³/mol. The number of carbonyl (C=O) groups excluding carboxylic acids is 1. The Hall–Kier alpha value is -2.28. The maximum Gasteiger partial charge on any atom is 0.255 e. The van der Waals surface area contributed by atoms with Gasteiger partial charge in [0.05, 0.1) is 29.1 Å². The quantitative estimate of drug-likeness (QED) is 0.923. The van der Waals surface area contributed by atoms with Gasteiger partial charge in [-0.3, -0.25) is 4.79 Å². The average molecular weight is 349 g/mol. The summed E-state index contributed by atoms with van der Waals surface area (Å²) in [5.74, 6) is -1.66. The van der Waals surface area contributed by atoms with Crippen molar-refractivity contribution in [2.24, 2.45) is 0 Å². The number of rotatable bonds is 4. The molecular formula is C18H21F2N3O2. The van der Waals surface area contributed by atoms with Gasteiger partial charge in [-0.2, -0.15) is 5.10 Å². The number of carbonyl (C=O) groups is 1. The number of ether oxygens (including phenoxy) is 1. The molecule has 0 bridgehead atoms. The number of aryl methyl sites for hydroxylation is 1. The van der Waals surface area contributed by atoms with Crippen LogP contribution >= 0.6 is 0 Å². The molecule has 0 aliphatic carbocycles. The van der Waals surface area contributed by atoms with E-state index in [1.807, 2.05) is 6.92 Å². The van der Waals surface area contributed by atoms with Crippen LogP contribution in [0, 0.1) is 25.5 Å². The second kappa shape index (κ2) is 6.92. The first-order chi connectivity index (χ1) is 11.9. The number of hydrogen-bond acceptors (Lipinski definition) is 3. The number of aromatic nitrogens is 2. The molecule has 2 aromatic rings. The lowest BCUT2D eigenvalue weighted by atomic mass is 10.1. The zero-order chi connectivity index (χ0) is 18.1.